The Morgan fingerprint density at radius 2 is 1.68 bits per heavy atom. The first kappa shape index (κ1) is 38.3. The van der Waals surface area contributed by atoms with Gasteiger partial charge in [-0.05, 0) is 111 Å². The van der Waals surface area contributed by atoms with Gasteiger partial charge in [0, 0.05) is 49.2 Å². The molecule has 2 saturated heterocycles. The highest BCUT2D eigenvalue weighted by atomic mass is 35.5. The Labute approximate surface area is 317 Å². The fourth-order valence-electron chi connectivity index (χ4n) is 7.61. The van der Waals surface area contributed by atoms with Crippen LogP contribution in [0, 0.1) is 25.2 Å². The van der Waals surface area contributed by atoms with Crippen LogP contribution in [-0.2, 0) is 31.0 Å². The normalized spacial score (nSPS) is 17.8. The lowest BCUT2D eigenvalue weighted by atomic mass is 9.90. The summed E-state index contributed by atoms with van der Waals surface area (Å²) in [6, 6.07) is 19.8. The van der Waals surface area contributed by atoms with Crippen LogP contribution in [0.2, 0.25) is 5.02 Å². The number of hydrogen-bond acceptors (Lipinski definition) is 8. The number of rotatable bonds is 15. The lowest BCUT2D eigenvalue weighted by Crippen LogP contribution is -2.44. The number of ether oxygens (including phenoxy) is 2. The Balaban J connectivity index is 1.18. The van der Waals surface area contributed by atoms with E-state index in [-0.39, 0.29) is 12.7 Å². The minimum absolute atomic E-state index is 0.168. The molecule has 2 atom stereocenters. The van der Waals surface area contributed by atoms with Crippen molar-refractivity contribution in [1.29, 1.82) is 5.26 Å². The summed E-state index contributed by atoms with van der Waals surface area (Å²) >= 11 is 6.87. The van der Waals surface area contributed by atoms with Crippen molar-refractivity contribution in [3.63, 3.8) is 0 Å². The predicted octanol–water partition coefficient (Wildman–Crippen LogP) is 7.88. The number of likely N-dealkylation sites (tertiary alicyclic amines) is 2. The highest BCUT2D eigenvalue weighted by Gasteiger charge is 2.29. The van der Waals surface area contributed by atoms with E-state index in [1.165, 1.54) is 28.5 Å². The van der Waals surface area contributed by atoms with E-state index in [0.29, 0.717) is 48.2 Å². The Hall–Kier alpha value is -4.46. The lowest BCUT2D eigenvalue weighted by Gasteiger charge is -2.33. The molecule has 9 nitrogen and oxygen atoms in total. The third-order valence-electron chi connectivity index (χ3n) is 10.7. The number of pyridine rings is 1. The average molecular weight is 737 g/mol. The summed E-state index contributed by atoms with van der Waals surface area (Å²) in [5.41, 5.74) is 9.17. The van der Waals surface area contributed by atoms with Gasteiger partial charge in [-0.1, -0.05) is 54.4 Å². The summed E-state index contributed by atoms with van der Waals surface area (Å²) in [6.45, 7) is 8.66. The SMILES string of the molecule is Cc1c(CCCCN2CC[C@@H](O)C2)cccc1-c1cccc(COc2cc(OCc3cncc(C#N)c3)c(CN3CCCC[C@H]3C(=O)O)cc2Cl)c1C. The quantitative estimate of drug-likeness (QED) is 0.118. The summed E-state index contributed by atoms with van der Waals surface area (Å²) in [5, 5.41) is 29.5. The largest absolute Gasteiger partial charge is 0.488 e. The molecular formula is C43H49ClN4O5. The number of aliphatic hydroxyl groups is 1. The number of aryl methyl sites for hydroxylation is 1. The third-order valence-corrected chi connectivity index (χ3v) is 11.0. The standard InChI is InChI=1S/C43H49ClN4O5/c1-29-33(9-3-5-16-47-18-15-36(49)26-47)10-7-12-37(29)38-13-8-11-34(30(38)2)28-53-42-21-41(52-27-32-19-31(22-45)23-46-24-32)35(20-39(42)44)25-48-17-6-4-14-40(48)43(50)51/h7-8,10-13,19-21,23-24,36,40,49H,3-6,9,14-18,25-28H2,1-2H3,(H,50,51)/t36-,40+/m1/s1. The molecule has 0 radical (unpaired) electrons. The van der Waals surface area contributed by atoms with Gasteiger partial charge >= 0.3 is 5.97 Å². The van der Waals surface area contributed by atoms with Gasteiger partial charge in [0.25, 0.3) is 0 Å². The second-order valence-electron chi connectivity index (χ2n) is 14.4. The van der Waals surface area contributed by atoms with Crippen molar-refractivity contribution in [1.82, 2.24) is 14.8 Å². The molecule has 0 bridgehead atoms. The number of aliphatic hydroxyl groups excluding tert-OH is 1. The van der Waals surface area contributed by atoms with E-state index in [9.17, 15) is 20.3 Å². The van der Waals surface area contributed by atoms with Crippen LogP contribution in [0.5, 0.6) is 11.5 Å². The minimum atomic E-state index is -0.827. The fourth-order valence-corrected chi connectivity index (χ4v) is 7.85. The topological polar surface area (TPSA) is 119 Å². The van der Waals surface area contributed by atoms with Crippen molar-refractivity contribution in [2.45, 2.75) is 90.7 Å². The fraction of sp³-hybridized carbons (Fsp3) is 0.419. The molecule has 2 aliphatic rings. The molecule has 1 aromatic heterocycles. The molecule has 3 aromatic carbocycles. The molecule has 0 spiro atoms. The van der Waals surface area contributed by atoms with Gasteiger partial charge in [0.15, 0.2) is 0 Å². The number of aliphatic carboxylic acids is 1. The number of benzene rings is 3. The third kappa shape index (κ3) is 9.75. The molecule has 4 aromatic rings. The van der Waals surface area contributed by atoms with Crippen molar-refractivity contribution in [3.8, 4) is 28.7 Å². The number of carboxylic acid groups (broad SMARTS) is 1. The zero-order valence-electron chi connectivity index (χ0n) is 30.7. The Morgan fingerprint density at radius 3 is 2.42 bits per heavy atom. The molecule has 2 aliphatic heterocycles. The van der Waals surface area contributed by atoms with Crippen molar-refractivity contribution < 1.29 is 24.5 Å². The first-order valence-electron chi connectivity index (χ1n) is 18.7. The smallest absolute Gasteiger partial charge is 0.320 e. The van der Waals surface area contributed by atoms with Crippen LogP contribution in [-0.4, -0.2) is 69.3 Å². The second-order valence-corrected chi connectivity index (χ2v) is 14.8. The number of carbonyl (C=O) groups is 1. The van der Waals surface area contributed by atoms with E-state index in [1.807, 2.05) is 11.0 Å². The number of aromatic nitrogens is 1. The molecule has 6 rings (SSSR count). The van der Waals surface area contributed by atoms with Gasteiger partial charge in [-0.3, -0.25) is 14.7 Å². The molecule has 0 aliphatic carbocycles. The summed E-state index contributed by atoms with van der Waals surface area (Å²) in [4.78, 5) is 20.6. The highest BCUT2D eigenvalue weighted by molar-refractivity contribution is 6.32. The average Bonchev–Trinajstić information content (AvgIpc) is 3.58. The van der Waals surface area contributed by atoms with Crippen LogP contribution in [0.3, 0.4) is 0 Å². The maximum absolute atomic E-state index is 12.1. The Kier molecular flexibility index (Phi) is 13.0. The first-order chi connectivity index (χ1) is 25.7. The summed E-state index contributed by atoms with van der Waals surface area (Å²) in [5.74, 6) is 0.179. The number of nitrogens with zero attached hydrogens (tertiary/aromatic N) is 4. The molecule has 0 saturated carbocycles. The van der Waals surface area contributed by atoms with Gasteiger partial charge in [-0.15, -0.1) is 0 Å². The van der Waals surface area contributed by atoms with Gasteiger partial charge < -0.3 is 24.6 Å². The second kappa shape index (κ2) is 18.0. The Morgan fingerprint density at radius 1 is 0.925 bits per heavy atom. The van der Waals surface area contributed by atoms with Crippen LogP contribution in [0.1, 0.15) is 77.5 Å². The van der Waals surface area contributed by atoms with Gasteiger partial charge in [-0.25, -0.2) is 0 Å². The number of hydrogen-bond donors (Lipinski definition) is 2. The molecule has 278 valence electrons. The van der Waals surface area contributed by atoms with Crippen molar-refractivity contribution >= 4 is 17.6 Å². The zero-order valence-corrected chi connectivity index (χ0v) is 31.4. The monoisotopic (exact) mass is 736 g/mol. The molecule has 0 amide bonds. The van der Waals surface area contributed by atoms with Crippen molar-refractivity contribution in [2.24, 2.45) is 0 Å². The highest BCUT2D eigenvalue weighted by Crippen LogP contribution is 2.37. The predicted molar refractivity (Wildman–Crippen MR) is 206 cm³/mol. The van der Waals surface area contributed by atoms with E-state index < -0.39 is 12.0 Å². The number of unbranched alkanes of at least 4 members (excludes halogenated alkanes) is 1. The van der Waals surface area contributed by atoms with Crippen LogP contribution < -0.4 is 9.47 Å². The number of nitriles is 1. The molecular weight excluding hydrogens is 688 g/mol. The van der Waals surface area contributed by atoms with E-state index in [1.54, 1.807) is 18.3 Å². The first-order valence-corrected chi connectivity index (χ1v) is 19.0. The van der Waals surface area contributed by atoms with E-state index in [4.69, 9.17) is 21.1 Å². The van der Waals surface area contributed by atoms with E-state index in [0.717, 1.165) is 80.4 Å². The maximum atomic E-state index is 12.1. The van der Waals surface area contributed by atoms with Crippen LogP contribution in [0.4, 0.5) is 0 Å². The minimum Gasteiger partial charge on any atom is -0.488 e. The van der Waals surface area contributed by atoms with E-state index >= 15 is 0 Å². The zero-order chi connectivity index (χ0) is 37.3. The van der Waals surface area contributed by atoms with Crippen molar-refractivity contribution in [3.05, 3.63) is 111 Å². The lowest BCUT2D eigenvalue weighted by molar-refractivity contribution is -0.144. The molecule has 10 heteroatoms. The van der Waals surface area contributed by atoms with Gasteiger partial charge in [0.05, 0.1) is 16.7 Å². The number of β-amino-alcohol motifs (C(OH)–C–C–N with tert-alkyl or cyclic N) is 1. The van der Waals surface area contributed by atoms with Gasteiger partial charge in [0.1, 0.15) is 36.8 Å². The molecule has 3 heterocycles. The van der Waals surface area contributed by atoms with Crippen LogP contribution in [0.25, 0.3) is 11.1 Å². The number of piperidine rings is 1. The Bertz CT molecular complexity index is 1940. The summed E-state index contributed by atoms with van der Waals surface area (Å²) in [6.07, 6.45) is 9.52. The molecule has 53 heavy (non-hydrogen) atoms. The molecule has 2 N–H and O–H groups in total. The molecule has 0 unspecified atom stereocenters. The van der Waals surface area contributed by atoms with Gasteiger partial charge in [0.2, 0.25) is 0 Å². The maximum Gasteiger partial charge on any atom is 0.320 e. The van der Waals surface area contributed by atoms with Crippen molar-refractivity contribution in [2.75, 3.05) is 26.2 Å². The number of halogens is 1. The molecule has 2 fully saturated rings. The van der Waals surface area contributed by atoms with Gasteiger partial charge in [-0.2, -0.15) is 5.26 Å². The number of carboxylic acids is 1. The van der Waals surface area contributed by atoms with E-state index in [2.05, 4.69) is 66.2 Å². The summed E-state index contributed by atoms with van der Waals surface area (Å²) in [7, 11) is 0. The van der Waals surface area contributed by atoms with Crippen LogP contribution >= 0.6 is 11.6 Å². The summed E-state index contributed by atoms with van der Waals surface area (Å²) < 4.78 is 12.7. The van der Waals surface area contributed by atoms with Crippen LogP contribution in [0.15, 0.2) is 67.0 Å².